The summed E-state index contributed by atoms with van der Waals surface area (Å²) in [6, 6.07) is 4.26. The van der Waals surface area contributed by atoms with Gasteiger partial charge in [0.15, 0.2) is 0 Å². The largest absolute Gasteiger partial charge is 0.507 e. The summed E-state index contributed by atoms with van der Waals surface area (Å²) < 4.78 is 0. The second-order valence-corrected chi connectivity index (χ2v) is 11.7. The lowest BCUT2D eigenvalue weighted by atomic mass is 9.79. The Labute approximate surface area is 166 Å². The van der Waals surface area contributed by atoms with Crippen molar-refractivity contribution in [1.82, 2.24) is 0 Å². The summed E-state index contributed by atoms with van der Waals surface area (Å²) in [5.74, 6) is -0.143. The number of aliphatic carboxylic acids is 1. The van der Waals surface area contributed by atoms with E-state index in [0.717, 1.165) is 30.4 Å². The molecule has 0 amide bonds. The number of carbonyl (C=O) groups is 1. The number of hydrogen-bond acceptors (Lipinski definition) is 4. The Morgan fingerprint density at radius 1 is 1.04 bits per heavy atom. The van der Waals surface area contributed by atoms with Crippen LogP contribution in [0.4, 0.5) is 0 Å². The summed E-state index contributed by atoms with van der Waals surface area (Å²) in [6.07, 6.45) is 3.37. The smallest absolute Gasteiger partial charge is 0.313 e. The first-order valence-electron chi connectivity index (χ1n) is 9.27. The highest BCUT2D eigenvalue weighted by molar-refractivity contribution is 8.04. The summed E-state index contributed by atoms with van der Waals surface area (Å²) >= 11 is 3.43. The molecule has 0 spiro atoms. The maximum absolute atomic E-state index is 10.9. The van der Waals surface area contributed by atoms with E-state index in [1.54, 1.807) is 11.8 Å². The van der Waals surface area contributed by atoms with Crippen LogP contribution in [-0.4, -0.2) is 32.4 Å². The molecule has 26 heavy (non-hydrogen) atoms. The minimum absolute atomic E-state index is 0.131. The molecule has 3 nitrogen and oxygen atoms in total. The number of aromatic hydroxyl groups is 1. The molecular formula is C21H32O3S2. The fourth-order valence-corrected chi connectivity index (χ4v) is 6.13. The standard InChI is InChI=1S/C21H32O3S2/c1-20(2,3)14-10-13(11-15(19(14)24)21(4,5)6)26-17-9-7-8-16(17)25-12-18(22)23/h10-11,16-17,24H,7-9,12H2,1-6H3,(H,22,23). The molecule has 0 bridgehead atoms. The number of phenols is 1. The lowest BCUT2D eigenvalue weighted by Crippen LogP contribution is -2.18. The van der Waals surface area contributed by atoms with Gasteiger partial charge in [-0.25, -0.2) is 0 Å². The zero-order valence-electron chi connectivity index (χ0n) is 16.8. The van der Waals surface area contributed by atoms with Crippen molar-refractivity contribution in [2.75, 3.05) is 5.75 Å². The quantitative estimate of drug-likeness (QED) is 0.657. The average molecular weight is 397 g/mol. The van der Waals surface area contributed by atoms with Crippen LogP contribution >= 0.6 is 23.5 Å². The summed E-state index contributed by atoms with van der Waals surface area (Å²) in [7, 11) is 0. The zero-order valence-corrected chi connectivity index (χ0v) is 18.4. The Morgan fingerprint density at radius 3 is 2.00 bits per heavy atom. The number of carboxylic acid groups (broad SMARTS) is 1. The summed E-state index contributed by atoms with van der Waals surface area (Å²) in [5.41, 5.74) is 1.71. The average Bonchev–Trinajstić information content (AvgIpc) is 2.91. The molecule has 2 atom stereocenters. The van der Waals surface area contributed by atoms with E-state index in [4.69, 9.17) is 5.11 Å². The molecule has 0 aliphatic heterocycles. The van der Waals surface area contributed by atoms with E-state index in [0.29, 0.717) is 16.2 Å². The van der Waals surface area contributed by atoms with E-state index in [1.807, 2.05) is 11.8 Å². The van der Waals surface area contributed by atoms with Gasteiger partial charge in [-0.05, 0) is 35.8 Å². The van der Waals surface area contributed by atoms with Crippen molar-refractivity contribution < 1.29 is 15.0 Å². The number of carboxylic acids is 1. The third kappa shape index (κ3) is 5.35. The molecule has 1 saturated carbocycles. The SMILES string of the molecule is CC(C)(C)c1cc(SC2CCCC2SCC(=O)O)cc(C(C)(C)C)c1O. The first-order valence-corrected chi connectivity index (χ1v) is 11.2. The van der Waals surface area contributed by atoms with Crippen molar-refractivity contribution in [3.63, 3.8) is 0 Å². The molecular weight excluding hydrogens is 364 g/mol. The van der Waals surface area contributed by atoms with Gasteiger partial charge in [0.2, 0.25) is 0 Å². The van der Waals surface area contributed by atoms with E-state index in [9.17, 15) is 9.90 Å². The van der Waals surface area contributed by atoms with E-state index >= 15 is 0 Å². The molecule has 146 valence electrons. The van der Waals surface area contributed by atoms with Crippen molar-refractivity contribution in [3.05, 3.63) is 23.3 Å². The highest BCUT2D eigenvalue weighted by Gasteiger charge is 2.31. The predicted molar refractivity (Wildman–Crippen MR) is 113 cm³/mol. The first kappa shape index (κ1) is 21.5. The molecule has 2 unspecified atom stereocenters. The zero-order chi connectivity index (χ0) is 19.7. The lowest BCUT2D eigenvalue weighted by Gasteiger charge is -2.29. The van der Waals surface area contributed by atoms with Crippen molar-refractivity contribution in [2.24, 2.45) is 0 Å². The number of phenolic OH excluding ortho intramolecular Hbond substituents is 1. The Hall–Kier alpha value is -0.810. The van der Waals surface area contributed by atoms with E-state index in [-0.39, 0.29) is 16.6 Å². The van der Waals surface area contributed by atoms with Gasteiger partial charge in [0.25, 0.3) is 0 Å². The fraction of sp³-hybridized carbons (Fsp3) is 0.667. The van der Waals surface area contributed by atoms with Crippen molar-refractivity contribution >= 4 is 29.5 Å². The van der Waals surface area contributed by atoms with Crippen molar-refractivity contribution in [3.8, 4) is 5.75 Å². The van der Waals surface area contributed by atoms with Crippen molar-refractivity contribution in [2.45, 2.75) is 87.0 Å². The van der Waals surface area contributed by atoms with E-state index in [2.05, 4.69) is 53.7 Å². The van der Waals surface area contributed by atoms with E-state index in [1.165, 1.54) is 4.90 Å². The van der Waals surface area contributed by atoms with Gasteiger partial charge in [0, 0.05) is 26.5 Å². The first-order chi connectivity index (χ1) is 11.9. The molecule has 5 heteroatoms. The highest BCUT2D eigenvalue weighted by Crippen LogP contribution is 2.46. The minimum atomic E-state index is -0.736. The van der Waals surface area contributed by atoms with Crippen LogP contribution in [0.15, 0.2) is 17.0 Å². The highest BCUT2D eigenvalue weighted by atomic mass is 32.2. The van der Waals surface area contributed by atoms with E-state index < -0.39 is 5.97 Å². The van der Waals surface area contributed by atoms with Gasteiger partial charge in [-0.15, -0.1) is 23.5 Å². The molecule has 1 aromatic rings. The van der Waals surface area contributed by atoms with Gasteiger partial charge in [-0.3, -0.25) is 4.79 Å². The van der Waals surface area contributed by atoms with Crippen LogP contribution in [-0.2, 0) is 15.6 Å². The number of thioether (sulfide) groups is 2. The lowest BCUT2D eigenvalue weighted by molar-refractivity contribution is -0.133. The minimum Gasteiger partial charge on any atom is -0.507 e. The molecule has 2 N–H and O–H groups in total. The monoisotopic (exact) mass is 396 g/mol. The maximum atomic E-state index is 10.9. The van der Waals surface area contributed by atoms with Gasteiger partial charge < -0.3 is 10.2 Å². The van der Waals surface area contributed by atoms with Gasteiger partial charge in [-0.1, -0.05) is 48.0 Å². The third-order valence-corrected chi connectivity index (χ3v) is 7.75. The summed E-state index contributed by atoms with van der Waals surface area (Å²) in [4.78, 5) is 12.1. The molecule has 1 aliphatic carbocycles. The summed E-state index contributed by atoms with van der Waals surface area (Å²) in [6.45, 7) is 12.8. The molecule has 0 saturated heterocycles. The molecule has 1 aliphatic rings. The molecule has 1 aromatic carbocycles. The van der Waals surface area contributed by atoms with Crippen LogP contribution in [0.2, 0.25) is 0 Å². The molecule has 0 aromatic heterocycles. The Morgan fingerprint density at radius 2 is 1.54 bits per heavy atom. The maximum Gasteiger partial charge on any atom is 0.313 e. The van der Waals surface area contributed by atoms with Crippen LogP contribution in [0.25, 0.3) is 0 Å². The van der Waals surface area contributed by atoms with Crippen LogP contribution in [0, 0.1) is 0 Å². The van der Waals surface area contributed by atoms with Gasteiger partial charge in [-0.2, -0.15) is 0 Å². The molecule has 2 rings (SSSR count). The number of rotatable bonds is 5. The second kappa shape index (κ2) is 8.05. The Bertz CT molecular complexity index is 621. The van der Waals surface area contributed by atoms with Crippen LogP contribution in [0.1, 0.15) is 71.9 Å². The number of benzene rings is 1. The van der Waals surface area contributed by atoms with Gasteiger partial charge >= 0.3 is 5.97 Å². The Balaban J connectivity index is 2.32. The Kier molecular flexibility index (Phi) is 6.66. The molecule has 1 fully saturated rings. The second-order valence-electron chi connectivity index (χ2n) is 9.20. The molecule has 0 heterocycles. The van der Waals surface area contributed by atoms with Gasteiger partial charge in [0.1, 0.15) is 5.75 Å². The van der Waals surface area contributed by atoms with Gasteiger partial charge in [0.05, 0.1) is 5.75 Å². The normalized spacial score (nSPS) is 21.2. The van der Waals surface area contributed by atoms with Crippen LogP contribution in [0.5, 0.6) is 5.75 Å². The van der Waals surface area contributed by atoms with Crippen LogP contribution in [0.3, 0.4) is 0 Å². The topological polar surface area (TPSA) is 57.5 Å². The molecule has 0 radical (unpaired) electrons. The predicted octanol–water partition coefficient (Wildman–Crippen LogP) is 5.82. The third-order valence-electron chi connectivity index (χ3n) is 4.80. The fourth-order valence-electron chi connectivity index (χ4n) is 3.39. The van der Waals surface area contributed by atoms with Crippen LogP contribution < -0.4 is 0 Å². The van der Waals surface area contributed by atoms with Crippen molar-refractivity contribution in [1.29, 1.82) is 0 Å². The summed E-state index contributed by atoms with van der Waals surface area (Å²) in [5, 5.41) is 20.7. The number of hydrogen-bond donors (Lipinski definition) is 2.